The van der Waals surface area contributed by atoms with E-state index in [4.69, 9.17) is 4.74 Å². The fourth-order valence-electron chi connectivity index (χ4n) is 1.40. The Balaban J connectivity index is 2.28. The van der Waals surface area contributed by atoms with Gasteiger partial charge in [0.1, 0.15) is 5.75 Å². The number of hydrogen-bond acceptors (Lipinski definition) is 3. The van der Waals surface area contributed by atoms with Gasteiger partial charge in [-0.1, -0.05) is 6.92 Å². The van der Waals surface area contributed by atoms with Crippen molar-refractivity contribution in [1.82, 2.24) is 5.32 Å². The molecule has 0 aliphatic rings. The van der Waals surface area contributed by atoms with E-state index in [-0.39, 0.29) is 5.91 Å². The molecule has 0 bridgehead atoms. The average Bonchev–Trinajstić information content (AvgIpc) is 2.30. The molecule has 0 saturated heterocycles. The van der Waals surface area contributed by atoms with Crippen LogP contribution in [0.15, 0.2) is 24.3 Å². The second kappa shape index (κ2) is 7.68. The normalized spacial score (nSPS) is 10.0. The first-order valence-corrected chi connectivity index (χ1v) is 5.93. The van der Waals surface area contributed by atoms with Crippen LogP contribution in [0.25, 0.3) is 0 Å². The molecule has 17 heavy (non-hydrogen) atoms. The number of rotatable bonds is 7. The van der Waals surface area contributed by atoms with Gasteiger partial charge in [-0.3, -0.25) is 4.79 Å². The maximum Gasteiger partial charge on any atom is 0.221 e. The molecule has 0 aliphatic carbocycles. The van der Waals surface area contributed by atoms with Crippen LogP contribution in [0.4, 0.5) is 5.69 Å². The molecule has 1 amide bonds. The van der Waals surface area contributed by atoms with Crippen LogP contribution in [0, 0.1) is 0 Å². The third kappa shape index (κ3) is 5.92. The third-order valence-electron chi connectivity index (χ3n) is 2.19. The van der Waals surface area contributed by atoms with E-state index in [1.54, 1.807) is 0 Å². The van der Waals surface area contributed by atoms with Crippen LogP contribution in [0.2, 0.25) is 0 Å². The van der Waals surface area contributed by atoms with Crippen LogP contribution < -0.4 is 15.4 Å². The van der Waals surface area contributed by atoms with Crippen LogP contribution in [0.3, 0.4) is 0 Å². The quantitative estimate of drug-likeness (QED) is 0.712. The monoisotopic (exact) mass is 236 g/mol. The molecule has 1 aromatic carbocycles. The van der Waals surface area contributed by atoms with Gasteiger partial charge >= 0.3 is 0 Å². The zero-order valence-corrected chi connectivity index (χ0v) is 10.5. The van der Waals surface area contributed by atoms with Gasteiger partial charge in [0.15, 0.2) is 0 Å². The SMILES string of the molecule is CCNCCCOc1ccc(NC(C)=O)cc1. The summed E-state index contributed by atoms with van der Waals surface area (Å²) in [7, 11) is 0. The zero-order chi connectivity index (χ0) is 12.5. The summed E-state index contributed by atoms with van der Waals surface area (Å²) in [5.41, 5.74) is 0.789. The smallest absolute Gasteiger partial charge is 0.221 e. The van der Waals surface area contributed by atoms with Crippen LogP contribution in [-0.4, -0.2) is 25.6 Å². The number of ether oxygens (including phenoxy) is 1. The van der Waals surface area contributed by atoms with Crippen LogP contribution in [-0.2, 0) is 4.79 Å². The molecule has 1 rings (SSSR count). The minimum Gasteiger partial charge on any atom is -0.494 e. The molecule has 4 heteroatoms. The summed E-state index contributed by atoms with van der Waals surface area (Å²) in [4.78, 5) is 10.8. The number of carbonyl (C=O) groups is 1. The largest absolute Gasteiger partial charge is 0.494 e. The molecule has 0 radical (unpaired) electrons. The molecule has 0 saturated carbocycles. The highest BCUT2D eigenvalue weighted by molar-refractivity contribution is 5.88. The standard InChI is InChI=1S/C13H20N2O2/c1-3-14-9-4-10-17-13-7-5-12(6-8-13)15-11(2)16/h5-8,14H,3-4,9-10H2,1-2H3,(H,15,16). The fraction of sp³-hybridized carbons (Fsp3) is 0.462. The Morgan fingerprint density at radius 3 is 2.59 bits per heavy atom. The topological polar surface area (TPSA) is 50.4 Å². The lowest BCUT2D eigenvalue weighted by molar-refractivity contribution is -0.114. The Labute approximate surface area is 102 Å². The number of hydrogen-bond donors (Lipinski definition) is 2. The van der Waals surface area contributed by atoms with Crippen molar-refractivity contribution < 1.29 is 9.53 Å². The predicted octanol–water partition coefficient (Wildman–Crippen LogP) is 2.02. The molecule has 2 N–H and O–H groups in total. The van der Waals surface area contributed by atoms with Gasteiger partial charge < -0.3 is 15.4 Å². The molecule has 0 aromatic heterocycles. The van der Waals surface area contributed by atoms with Crippen molar-refractivity contribution >= 4 is 11.6 Å². The molecular formula is C13H20N2O2. The number of anilines is 1. The summed E-state index contributed by atoms with van der Waals surface area (Å²) < 4.78 is 5.56. The Morgan fingerprint density at radius 1 is 1.29 bits per heavy atom. The minimum atomic E-state index is -0.0655. The van der Waals surface area contributed by atoms with Crippen LogP contribution in [0.5, 0.6) is 5.75 Å². The minimum absolute atomic E-state index is 0.0655. The van der Waals surface area contributed by atoms with Gasteiger partial charge in [0.2, 0.25) is 5.91 Å². The molecule has 0 fully saturated rings. The summed E-state index contributed by atoms with van der Waals surface area (Å²) in [5, 5.41) is 5.95. The van der Waals surface area contributed by atoms with Crippen molar-refractivity contribution in [2.75, 3.05) is 25.0 Å². The fourth-order valence-corrected chi connectivity index (χ4v) is 1.40. The summed E-state index contributed by atoms with van der Waals surface area (Å²) in [6.45, 7) is 6.24. The Hall–Kier alpha value is -1.55. The van der Waals surface area contributed by atoms with Gasteiger partial charge in [-0.2, -0.15) is 0 Å². The van der Waals surface area contributed by atoms with Gasteiger partial charge in [-0.15, -0.1) is 0 Å². The molecule has 4 nitrogen and oxygen atoms in total. The number of carbonyl (C=O) groups excluding carboxylic acids is 1. The van der Waals surface area contributed by atoms with E-state index in [9.17, 15) is 4.79 Å². The number of amides is 1. The van der Waals surface area contributed by atoms with Gasteiger partial charge in [0, 0.05) is 12.6 Å². The van der Waals surface area contributed by atoms with E-state index in [0.717, 1.165) is 30.9 Å². The second-order valence-electron chi connectivity index (χ2n) is 3.76. The first kappa shape index (κ1) is 13.5. The Morgan fingerprint density at radius 2 is 2.00 bits per heavy atom. The average molecular weight is 236 g/mol. The van der Waals surface area contributed by atoms with Crippen molar-refractivity contribution in [2.45, 2.75) is 20.3 Å². The Kier molecular flexibility index (Phi) is 6.10. The van der Waals surface area contributed by atoms with E-state index in [2.05, 4.69) is 17.6 Å². The lowest BCUT2D eigenvalue weighted by atomic mass is 10.3. The Bertz CT molecular complexity index is 336. The van der Waals surface area contributed by atoms with E-state index >= 15 is 0 Å². The van der Waals surface area contributed by atoms with E-state index in [0.29, 0.717) is 6.61 Å². The molecule has 0 heterocycles. The molecule has 94 valence electrons. The van der Waals surface area contributed by atoms with Crippen molar-refractivity contribution in [3.8, 4) is 5.75 Å². The number of nitrogens with one attached hydrogen (secondary N) is 2. The van der Waals surface area contributed by atoms with Crippen molar-refractivity contribution in [3.63, 3.8) is 0 Å². The third-order valence-corrected chi connectivity index (χ3v) is 2.19. The summed E-state index contributed by atoms with van der Waals surface area (Å²) in [6, 6.07) is 7.39. The van der Waals surface area contributed by atoms with Gasteiger partial charge in [0.05, 0.1) is 6.61 Å². The first-order valence-electron chi connectivity index (χ1n) is 5.93. The summed E-state index contributed by atoms with van der Waals surface area (Å²) in [5.74, 6) is 0.764. The van der Waals surface area contributed by atoms with Gasteiger partial charge in [0.25, 0.3) is 0 Å². The molecule has 1 aromatic rings. The van der Waals surface area contributed by atoms with Gasteiger partial charge in [-0.05, 0) is 43.8 Å². The second-order valence-corrected chi connectivity index (χ2v) is 3.76. The predicted molar refractivity (Wildman–Crippen MR) is 69.4 cm³/mol. The lowest BCUT2D eigenvalue weighted by Crippen LogP contribution is -2.16. The first-order chi connectivity index (χ1) is 8.22. The highest BCUT2D eigenvalue weighted by Gasteiger charge is 1.97. The van der Waals surface area contributed by atoms with Crippen molar-refractivity contribution in [3.05, 3.63) is 24.3 Å². The summed E-state index contributed by atoms with van der Waals surface area (Å²) >= 11 is 0. The van der Waals surface area contributed by atoms with Crippen LogP contribution in [0.1, 0.15) is 20.3 Å². The van der Waals surface area contributed by atoms with Gasteiger partial charge in [-0.25, -0.2) is 0 Å². The molecule has 0 aliphatic heterocycles. The zero-order valence-electron chi connectivity index (χ0n) is 10.5. The maximum absolute atomic E-state index is 10.8. The molecule has 0 atom stereocenters. The van der Waals surface area contributed by atoms with Crippen molar-refractivity contribution in [2.24, 2.45) is 0 Å². The summed E-state index contributed by atoms with van der Waals surface area (Å²) in [6.07, 6.45) is 0.987. The highest BCUT2D eigenvalue weighted by atomic mass is 16.5. The van der Waals surface area contributed by atoms with Crippen LogP contribution >= 0.6 is 0 Å². The number of benzene rings is 1. The lowest BCUT2D eigenvalue weighted by Gasteiger charge is -2.07. The maximum atomic E-state index is 10.8. The molecule has 0 spiro atoms. The molecular weight excluding hydrogens is 216 g/mol. The van der Waals surface area contributed by atoms with E-state index in [1.165, 1.54) is 6.92 Å². The van der Waals surface area contributed by atoms with E-state index < -0.39 is 0 Å². The van der Waals surface area contributed by atoms with E-state index in [1.807, 2.05) is 24.3 Å². The van der Waals surface area contributed by atoms with Crippen molar-refractivity contribution in [1.29, 1.82) is 0 Å². The highest BCUT2D eigenvalue weighted by Crippen LogP contribution is 2.15. The molecule has 0 unspecified atom stereocenters.